The lowest BCUT2D eigenvalue weighted by atomic mass is 9.84. The van der Waals surface area contributed by atoms with Gasteiger partial charge in [0.15, 0.2) is 5.92 Å². The van der Waals surface area contributed by atoms with Gasteiger partial charge < -0.3 is 14.3 Å². The Hall–Kier alpha value is -1.65. The fourth-order valence-corrected chi connectivity index (χ4v) is 2.20. The van der Waals surface area contributed by atoms with E-state index in [1.54, 1.807) is 6.08 Å². The van der Waals surface area contributed by atoms with E-state index in [-0.39, 0.29) is 12.2 Å². The van der Waals surface area contributed by atoms with Gasteiger partial charge in [0.05, 0.1) is 0 Å². The van der Waals surface area contributed by atoms with Crippen molar-refractivity contribution in [1.82, 2.24) is 0 Å². The first-order valence-electron chi connectivity index (χ1n) is 6.33. The summed E-state index contributed by atoms with van der Waals surface area (Å²) in [7, 11) is 0. The van der Waals surface area contributed by atoms with Gasteiger partial charge in [0, 0.05) is 20.3 Å². The van der Waals surface area contributed by atoms with Crippen LogP contribution in [0.15, 0.2) is 12.7 Å². The van der Waals surface area contributed by atoms with Gasteiger partial charge in [-0.05, 0) is 25.7 Å². The number of rotatable bonds is 6. The zero-order valence-corrected chi connectivity index (χ0v) is 11.6. The van der Waals surface area contributed by atoms with Gasteiger partial charge >= 0.3 is 11.9 Å². The molecule has 0 aromatic carbocycles. The van der Waals surface area contributed by atoms with Crippen molar-refractivity contribution in [3.8, 4) is 0 Å². The van der Waals surface area contributed by atoms with E-state index in [0.717, 1.165) is 0 Å². The van der Waals surface area contributed by atoms with Gasteiger partial charge in [-0.2, -0.15) is 0 Å². The van der Waals surface area contributed by atoms with Crippen LogP contribution in [0.4, 0.5) is 0 Å². The highest BCUT2D eigenvalue weighted by Crippen LogP contribution is 2.32. The summed E-state index contributed by atoms with van der Waals surface area (Å²) in [5, 5.41) is 0. The largest absolute Gasteiger partial charge is 0.422 e. The molecule has 1 saturated heterocycles. The van der Waals surface area contributed by atoms with Crippen molar-refractivity contribution < 1.29 is 23.9 Å². The van der Waals surface area contributed by atoms with Gasteiger partial charge in [-0.3, -0.25) is 9.59 Å². The summed E-state index contributed by atoms with van der Waals surface area (Å²) >= 11 is 0. The second kappa shape index (κ2) is 5.99. The number of hydrogen-bond acceptors (Lipinski definition) is 5. The van der Waals surface area contributed by atoms with E-state index in [4.69, 9.17) is 9.47 Å². The van der Waals surface area contributed by atoms with Crippen LogP contribution < -0.4 is 0 Å². The second-order valence-corrected chi connectivity index (χ2v) is 5.25. The molecule has 0 saturated carbocycles. The number of carbonyl (C=O) groups is 3. The Labute approximate surface area is 112 Å². The molecule has 1 unspecified atom stereocenters. The molecule has 0 aromatic rings. The molecular formula is C14H20O5. The van der Waals surface area contributed by atoms with E-state index in [9.17, 15) is 14.4 Å². The molecule has 0 N–H and O–H groups in total. The second-order valence-electron chi connectivity index (χ2n) is 5.25. The van der Waals surface area contributed by atoms with E-state index in [0.29, 0.717) is 12.8 Å². The molecule has 1 rings (SSSR count). The summed E-state index contributed by atoms with van der Waals surface area (Å²) in [4.78, 5) is 35.2. The molecule has 0 amide bonds. The minimum absolute atomic E-state index is 0.0699. The Balaban J connectivity index is 2.88. The molecule has 5 heteroatoms. The fraction of sp³-hybridized carbons (Fsp3) is 0.643. The first-order chi connectivity index (χ1) is 8.76. The summed E-state index contributed by atoms with van der Waals surface area (Å²) < 4.78 is 10.2. The van der Waals surface area contributed by atoms with Gasteiger partial charge in [-0.15, -0.1) is 6.58 Å². The zero-order chi connectivity index (χ0) is 14.6. The van der Waals surface area contributed by atoms with E-state index in [2.05, 4.69) is 6.58 Å². The third-order valence-corrected chi connectivity index (χ3v) is 2.96. The molecule has 1 fully saturated rings. The van der Waals surface area contributed by atoms with Crippen molar-refractivity contribution in [3.05, 3.63) is 12.7 Å². The standard InChI is InChI=1S/C14H20O5/c1-5-6-7-10(8-9(2)15)11-12(16)18-14(3,4)19-13(11)17/h5,10-11H,1,6-8H2,2-4H3. The van der Waals surface area contributed by atoms with Crippen LogP contribution >= 0.6 is 0 Å². The first kappa shape index (κ1) is 15.4. The molecule has 0 spiro atoms. The zero-order valence-electron chi connectivity index (χ0n) is 11.6. The van der Waals surface area contributed by atoms with E-state index in [1.807, 2.05) is 0 Å². The molecule has 5 nitrogen and oxygen atoms in total. The Morgan fingerprint density at radius 2 is 1.89 bits per heavy atom. The Bertz CT molecular complexity index is 377. The molecule has 0 radical (unpaired) electrons. The van der Waals surface area contributed by atoms with Crippen molar-refractivity contribution in [1.29, 1.82) is 0 Å². The average Bonchev–Trinajstić information content (AvgIpc) is 2.21. The molecule has 19 heavy (non-hydrogen) atoms. The SMILES string of the molecule is C=CCCC(CC(C)=O)C1C(=O)OC(C)(C)OC1=O. The van der Waals surface area contributed by atoms with Crippen LogP contribution in [0, 0.1) is 11.8 Å². The molecule has 0 bridgehead atoms. The van der Waals surface area contributed by atoms with Crippen LogP contribution in [-0.2, 0) is 23.9 Å². The van der Waals surface area contributed by atoms with E-state index in [1.165, 1.54) is 20.8 Å². The topological polar surface area (TPSA) is 69.7 Å². The van der Waals surface area contributed by atoms with Crippen LogP contribution in [0.3, 0.4) is 0 Å². The van der Waals surface area contributed by atoms with Crippen molar-refractivity contribution in [3.63, 3.8) is 0 Å². The van der Waals surface area contributed by atoms with Crippen LogP contribution in [-0.4, -0.2) is 23.5 Å². The molecule has 1 heterocycles. The normalized spacial score (nSPS) is 20.4. The average molecular weight is 268 g/mol. The van der Waals surface area contributed by atoms with Gasteiger partial charge in [-0.1, -0.05) is 6.08 Å². The predicted molar refractivity (Wildman–Crippen MR) is 68.0 cm³/mol. The number of Topliss-reactive ketones (excluding diaryl/α,β-unsaturated/α-hetero) is 1. The van der Waals surface area contributed by atoms with Gasteiger partial charge in [0.2, 0.25) is 0 Å². The fourth-order valence-electron chi connectivity index (χ4n) is 2.20. The number of carbonyl (C=O) groups excluding carboxylic acids is 3. The van der Waals surface area contributed by atoms with Gasteiger partial charge in [-0.25, -0.2) is 0 Å². The van der Waals surface area contributed by atoms with Crippen molar-refractivity contribution in [2.45, 2.75) is 45.8 Å². The summed E-state index contributed by atoms with van der Waals surface area (Å²) in [6, 6.07) is 0. The third-order valence-electron chi connectivity index (χ3n) is 2.96. The lowest BCUT2D eigenvalue weighted by Gasteiger charge is -2.35. The maximum atomic E-state index is 11.9. The van der Waals surface area contributed by atoms with Crippen LogP contribution in [0.25, 0.3) is 0 Å². The van der Waals surface area contributed by atoms with Crippen LogP contribution in [0.5, 0.6) is 0 Å². The smallest absolute Gasteiger partial charge is 0.323 e. The maximum Gasteiger partial charge on any atom is 0.323 e. The maximum absolute atomic E-state index is 11.9. The van der Waals surface area contributed by atoms with Gasteiger partial charge in [0.1, 0.15) is 5.78 Å². The summed E-state index contributed by atoms with van der Waals surface area (Å²) in [5.41, 5.74) is 0. The highest BCUT2D eigenvalue weighted by atomic mass is 16.7. The highest BCUT2D eigenvalue weighted by molar-refractivity contribution is 5.97. The van der Waals surface area contributed by atoms with Crippen molar-refractivity contribution in [2.75, 3.05) is 0 Å². The monoisotopic (exact) mass is 268 g/mol. The minimum Gasteiger partial charge on any atom is -0.422 e. The number of ether oxygens (including phenoxy) is 2. The predicted octanol–water partition coefficient (Wildman–Crippen LogP) is 2.00. The van der Waals surface area contributed by atoms with Crippen LogP contribution in [0.1, 0.15) is 40.0 Å². The third kappa shape index (κ3) is 4.19. The number of hydrogen-bond donors (Lipinski definition) is 0. The number of allylic oxidation sites excluding steroid dienone is 1. The molecule has 106 valence electrons. The number of ketones is 1. The van der Waals surface area contributed by atoms with E-state index < -0.39 is 29.6 Å². The number of cyclic esters (lactones) is 2. The molecular weight excluding hydrogens is 248 g/mol. The molecule has 1 aliphatic heterocycles. The molecule has 0 aromatic heterocycles. The first-order valence-corrected chi connectivity index (χ1v) is 6.33. The molecule has 1 atom stereocenters. The lowest BCUT2D eigenvalue weighted by molar-refractivity contribution is -0.242. The van der Waals surface area contributed by atoms with Crippen molar-refractivity contribution >= 4 is 17.7 Å². The number of esters is 2. The lowest BCUT2D eigenvalue weighted by Crippen LogP contribution is -2.49. The summed E-state index contributed by atoms with van der Waals surface area (Å²) in [6.07, 6.45) is 3.00. The Morgan fingerprint density at radius 1 is 1.37 bits per heavy atom. The van der Waals surface area contributed by atoms with Crippen LogP contribution in [0.2, 0.25) is 0 Å². The highest BCUT2D eigenvalue weighted by Gasteiger charge is 2.46. The van der Waals surface area contributed by atoms with Gasteiger partial charge in [0.25, 0.3) is 5.79 Å². The molecule has 1 aliphatic rings. The van der Waals surface area contributed by atoms with Crippen molar-refractivity contribution in [2.24, 2.45) is 11.8 Å². The quantitative estimate of drug-likeness (QED) is 0.418. The Morgan fingerprint density at radius 3 is 2.32 bits per heavy atom. The molecule has 0 aliphatic carbocycles. The van der Waals surface area contributed by atoms with E-state index >= 15 is 0 Å². The minimum atomic E-state index is -1.23. The Kier molecular flexibility index (Phi) is 4.86. The summed E-state index contributed by atoms with van der Waals surface area (Å²) in [6.45, 7) is 8.04. The summed E-state index contributed by atoms with van der Waals surface area (Å²) in [5.74, 6) is -3.94.